The van der Waals surface area contributed by atoms with Crippen molar-refractivity contribution in [1.29, 1.82) is 0 Å². The fourth-order valence-corrected chi connectivity index (χ4v) is 3.63. The number of amides is 1. The number of hydrogen-bond acceptors (Lipinski definition) is 3. The smallest absolute Gasteiger partial charge is 0.244 e. The van der Waals surface area contributed by atoms with Crippen LogP contribution >= 0.6 is 0 Å². The first-order chi connectivity index (χ1) is 8.21. The molecule has 96 valence electrons. The molecule has 1 spiro atoms. The Hall–Kier alpha value is -0.610. The monoisotopic (exact) mass is 237 g/mol. The number of rotatable bonds is 1. The zero-order chi connectivity index (χ0) is 11.9. The van der Waals surface area contributed by atoms with Crippen LogP contribution in [0.4, 0.5) is 0 Å². The van der Waals surface area contributed by atoms with E-state index in [0.717, 1.165) is 45.4 Å². The van der Waals surface area contributed by atoms with E-state index in [9.17, 15) is 4.79 Å². The molecule has 0 aromatic carbocycles. The number of piperidine rings is 1. The second-order valence-corrected chi connectivity index (χ2v) is 5.93. The van der Waals surface area contributed by atoms with Gasteiger partial charge < -0.3 is 9.80 Å². The first-order valence-corrected chi connectivity index (χ1v) is 6.96. The predicted molar refractivity (Wildman–Crippen MR) is 66.6 cm³/mol. The van der Waals surface area contributed by atoms with Gasteiger partial charge in [0.1, 0.15) is 0 Å². The maximum absolute atomic E-state index is 12.6. The van der Waals surface area contributed by atoms with E-state index in [-0.39, 0.29) is 5.54 Å². The summed E-state index contributed by atoms with van der Waals surface area (Å²) in [5.74, 6) is 0.393. The second kappa shape index (κ2) is 4.25. The van der Waals surface area contributed by atoms with Crippen LogP contribution in [0.3, 0.4) is 0 Å². The standard InChI is InChI=1S/C13H23N3O/c1-15-8-4-11(5-9-15)16-10-14-13(12(16)17)6-2-3-7-13/h11,14H,2-10H2,1H3. The molecule has 1 N–H and O–H groups in total. The average Bonchev–Trinajstić information content (AvgIpc) is 2.92. The van der Waals surface area contributed by atoms with Crippen molar-refractivity contribution in [3.05, 3.63) is 0 Å². The molecule has 0 bridgehead atoms. The molecule has 4 heteroatoms. The summed E-state index contributed by atoms with van der Waals surface area (Å²) in [4.78, 5) is 17.0. The van der Waals surface area contributed by atoms with Crippen molar-refractivity contribution in [2.45, 2.75) is 50.1 Å². The Kier molecular flexibility index (Phi) is 2.87. The summed E-state index contributed by atoms with van der Waals surface area (Å²) in [6, 6.07) is 0.478. The van der Waals surface area contributed by atoms with Crippen LogP contribution in [-0.2, 0) is 4.79 Å². The fraction of sp³-hybridized carbons (Fsp3) is 0.923. The Labute approximate surface area is 103 Å². The minimum absolute atomic E-state index is 0.163. The first-order valence-electron chi connectivity index (χ1n) is 6.96. The lowest BCUT2D eigenvalue weighted by molar-refractivity contribution is -0.134. The van der Waals surface area contributed by atoms with Gasteiger partial charge in [-0.25, -0.2) is 0 Å². The van der Waals surface area contributed by atoms with E-state index in [2.05, 4.69) is 22.2 Å². The van der Waals surface area contributed by atoms with Gasteiger partial charge in [-0.3, -0.25) is 10.1 Å². The van der Waals surface area contributed by atoms with Crippen molar-refractivity contribution in [3.8, 4) is 0 Å². The van der Waals surface area contributed by atoms with Gasteiger partial charge >= 0.3 is 0 Å². The summed E-state index contributed by atoms with van der Waals surface area (Å²) in [5, 5.41) is 3.50. The van der Waals surface area contributed by atoms with Crippen LogP contribution in [0, 0.1) is 0 Å². The van der Waals surface area contributed by atoms with E-state index >= 15 is 0 Å². The molecule has 1 amide bonds. The third-order valence-corrected chi connectivity index (χ3v) is 4.84. The van der Waals surface area contributed by atoms with Gasteiger partial charge in [-0.1, -0.05) is 12.8 Å². The van der Waals surface area contributed by atoms with E-state index in [1.54, 1.807) is 0 Å². The van der Waals surface area contributed by atoms with E-state index in [0.29, 0.717) is 11.9 Å². The number of carbonyl (C=O) groups is 1. The summed E-state index contributed by atoms with van der Waals surface area (Å²) in [7, 11) is 2.17. The highest BCUT2D eigenvalue weighted by atomic mass is 16.2. The highest BCUT2D eigenvalue weighted by Crippen LogP contribution is 2.36. The van der Waals surface area contributed by atoms with E-state index in [1.165, 1.54) is 12.8 Å². The average molecular weight is 237 g/mol. The molecule has 0 unspecified atom stereocenters. The van der Waals surface area contributed by atoms with Crippen LogP contribution in [-0.4, -0.2) is 54.1 Å². The normalized spacial score (nSPS) is 30.6. The van der Waals surface area contributed by atoms with Gasteiger partial charge in [0.15, 0.2) is 0 Å². The molecule has 0 aromatic heterocycles. The Balaban J connectivity index is 1.67. The summed E-state index contributed by atoms with van der Waals surface area (Å²) >= 11 is 0. The van der Waals surface area contributed by atoms with Gasteiger partial charge in [0.25, 0.3) is 0 Å². The van der Waals surface area contributed by atoms with Crippen molar-refractivity contribution in [2.75, 3.05) is 26.8 Å². The van der Waals surface area contributed by atoms with Crippen LogP contribution in [0.15, 0.2) is 0 Å². The molecule has 0 aromatic rings. The highest BCUT2D eigenvalue weighted by molar-refractivity contribution is 5.89. The molecular weight excluding hydrogens is 214 g/mol. The number of carbonyl (C=O) groups excluding carboxylic acids is 1. The number of hydrogen-bond donors (Lipinski definition) is 1. The van der Waals surface area contributed by atoms with Gasteiger partial charge in [0.2, 0.25) is 5.91 Å². The van der Waals surface area contributed by atoms with Crippen LogP contribution in [0.1, 0.15) is 38.5 Å². The molecule has 0 atom stereocenters. The molecule has 0 radical (unpaired) electrons. The molecular formula is C13H23N3O. The molecule has 3 aliphatic rings. The van der Waals surface area contributed by atoms with Crippen LogP contribution in [0.2, 0.25) is 0 Å². The molecule has 2 aliphatic heterocycles. The molecule has 3 rings (SSSR count). The van der Waals surface area contributed by atoms with E-state index in [1.807, 2.05) is 0 Å². The van der Waals surface area contributed by atoms with Gasteiger partial charge in [0, 0.05) is 6.04 Å². The van der Waals surface area contributed by atoms with Crippen molar-refractivity contribution in [3.63, 3.8) is 0 Å². The van der Waals surface area contributed by atoms with Gasteiger partial charge in [-0.15, -0.1) is 0 Å². The Morgan fingerprint density at radius 2 is 1.88 bits per heavy atom. The maximum Gasteiger partial charge on any atom is 0.244 e. The van der Waals surface area contributed by atoms with Crippen LogP contribution in [0.5, 0.6) is 0 Å². The Bertz CT molecular complexity index is 304. The molecule has 4 nitrogen and oxygen atoms in total. The number of nitrogens with zero attached hydrogens (tertiary/aromatic N) is 2. The van der Waals surface area contributed by atoms with Gasteiger partial charge in [-0.05, 0) is 45.8 Å². The summed E-state index contributed by atoms with van der Waals surface area (Å²) < 4.78 is 0. The van der Waals surface area contributed by atoms with Gasteiger partial charge in [-0.2, -0.15) is 0 Å². The molecule has 17 heavy (non-hydrogen) atoms. The summed E-state index contributed by atoms with van der Waals surface area (Å²) in [6.45, 7) is 3.04. The molecule has 1 aliphatic carbocycles. The third-order valence-electron chi connectivity index (χ3n) is 4.84. The molecule has 2 saturated heterocycles. The SMILES string of the molecule is CN1CCC(N2CNC3(CCCC3)C2=O)CC1. The number of nitrogens with one attached hydrogen (secondary N) is 1. The quantitative estimate of drug-likeness (QED) is 0.732. The second-order valence-electron chi connectivity index (χ2n) is 5.93. The first kappa shape index (κ1) is 11.5. The Morgan fingerprint density at radius 1 is 1.24 bits per heavy atom. The van der Waals surface area contributed by atoms with Crippen molar-refractivity contribution >= 4 is 5.91 Å². The summed E-state index contributed by atoms with van der Waals surface area (Å²) in [5.41, 5.74) is -0.163. The maximum atomic E-state index is 12.6. The largest absolute Gasteiger partial charge is 0.325 e. The minimum Gasteiger partial charge on any atom is -0.325 e. The number of likely N-dealkylation sites (tertiary alicyclic amines) is 1. The minimum atomic E-state index is -0.163. The van der Waals surface area contributed by atoms with E-state index < -0.39 is 0 Å². The van der Waals surface area contributed by atoms with E-state index in [4.69, 9.17) is 0 Å². The van der Waals surface area contributed by atoms with Crippen molar-refractivity contribution in [1.82, 2.24) is 15.1 Å². The summed E-state index contributed by atoms with van der Waals surface area (Å²) in [6.07, 6.45) is 6.80. The fourth-order valence-electron chi connectivity index (χ4n) is 3.63. The topological polar surface area (TPSA) is 35.6 Å². The lowest BCUT2D eigenvalue weighted by Crippen LogP contribution is -2.48. The van der Waals surface area contributed by atoms with Crippen LogP contribution in [0.25, 0.3) is 0 Å². The molecule has 3 fully saturated rings. The van der Waals surface area contributed by atoms with Crippen LogP contribution < -0.4 is 5.32 Å². The zero-order valence-electron chi connectivity index (χ0n) is 10.7. The predicted octanol–water partition coefficient (Wildman–Crippen LogP) is 0.783. The lowest BCUT2D eigenvalue weighted by Gasteiger charge is -2.35. The lowest BCUT2D eigenvalue weighted by atomic mass is 9.96. The molecule has 2 heterocycles. The van der Waals surface area contributed by atoms with Gasteiger partial charge in [0.05, 0.1) is 12.2 Å². The van der Waals surface area contributed by atoms with Crippen molar-refractivity contribution in [2.24, 2.45) is 0 Å². The molecule has 1 saturated carbocycles. The highest BCUT2D eigenvalue weighted by Gasteiger charge is 2.49. The zero-order valence-corrected chi connectivity index (χ0v) is 10.7. The third kappa shape index (κ3) is 1.87. The van der Waals surface area contributed by atoms with Crippen molar-refractivity contribution < 1.29 is 4.79 Å². The Morgan fingerprint density at radius 3 is 2.53 bits per heavy atom.